The maximum Gasteiger partial charge on any atom is 0.322 e. The zero-order chi connectivity index (χ0) is 21.3. The van der Waals surface area contributed by atoms with Gasteiger partial charge in [0.1, 0.15) is 17.4 Å². The highest BCUT2D eigenvalue weighted by Crippen LogP contribution is 2.18. The number of aryl methyl sites for hydroxylation is 1. The summed E-state index contributed by atoms with van der Waals surface area (Å²) in [7, 11) is 0. The van der Waals surface area contributed by atoms with E-state index in [1.54, 1.807) is 17.4 Å². The van der Waals surface area contributed by atoms with E-state index in [9.17, 15) is 13.6 Å². The lowest BCUT2D eigenvalue weighted by molar-refractivity contribution is 0.207. The molecule has 1 heterocycles. The van der Waals surface area contributed by atoms with E-state index in [2.05, 4.69) is 10.3 Å². The predicted molar refractivity (Wildman–Crippen MR) is 110 cm³/mol. The predicted octanol–water partition coefficient (Wildman–Crippen LogP) is 4.68. The van der Waals surface area contributed by atoms with Crippen LogP contribution in [0.5, 0.6) is 5.75 Å². The lowest BCUT2D eigenvalue weighted by Gasteiger charge is -2.24. The summed E-state index contributed by atoms with van der Waals surface area (Å²) >= 11 is 0. The second-order valence-electron chi connectivity index (χ2n) is 6.71. The Morgan fingerprint density at radius 1 is 1.20 bits per heavy atom. The van der Waals surface area contributed by atoms with E-state index < -0.39 is 17.7 Å². The molecule has 6 nitrogen and oxygen atoms in total. The molecule has 0 fully saturated rings. The highest BCUT2D eigenvalue weighted by molar-refractivity contribution is 5.89. The molecule has 0 unspecified atom stereocenters. The molecule has 0 aliphatic rings. The Balaban J connectivity index is 1.69. The van der Waals surface area contributed by atoms with Crippen molar-refractivity contribution in [2.24, 2.45) is 0 Å². The fourth-order valence-corrected chi connectivity index (χ4v) is 2.98. The molecule has 0 radical (unpaired) electrons. The topological polar surface area (TPSA) is 59.4 Å². The van der Waals surface area contributed by atoms with Crippen molar-refractivity contribution < 1.29 is 18.3 Å². The lowest BCUT2D eigenvalue weighted by Crippen LogP contribution is -2.36. The van der Waals surface area contributed by atoms with Crippen molar-refractivity contribution in [2.45, 2.75) is 26.4 Å². The first-order valence-electron chi connectivity index (χ1n) is 9.73. The number of imidazole rings is 1. The van der Waals surface area contributed by atoms with Crippen molar-refractivity contribution in [1.82, 2.24) is 14.5 Å². The molecule has 0 aliphatic heterocycles. The summed E-state index contributed by atoms with van der Waals surface area (Å²) in [4.78, 5) is 18.4. The van der Waals surface area contributed by atoms with Gasteiger partial charge in [-0.2, -0.15) is 0 Å². The number of hydrogen-bond acceptors (Lipinski definition) is 3. The first-order valence-corrected chi connectivity index (χ1v) is 9.73. The summed E-state index contributed by atoms with van der Waals surface area (Å²) in [5.41, 5.74) is 0.850. The van der Waals surface area contributed by atoms with Gasteiger partial charge in [-0.05, 0) is 43.2 Å². The highest BCUT2D eigenvalue weighted by Gasteiger charge is 2.16. The van der Waals surface area contributed by atoms with E-state index in [1.807, 2.05) is 42.0 Å². The fraction of sp³-hybridized carbons (Fsp3) is 0.273. The number of nitrogens with zero attached hydrogens (tertiary/aromatic N) is 3. The molecule has 8 heteroatoms. The molecular formula is C22H24F2N4O2. The van der Waals surface area contributed by atoms with Crippen LogP contribution >= 0.6 is 0 Å². The molecule has 3 aromatic rings. The number of rotatable bonds is 9. The normalized spacial score (nSPS) is 10.6. The molecule has 1 aromatic heterocycles. The molecule has 1 N–H and O–H groups in total. The van der Waals surface area contributed by atoms with Crippen LogP contribution in [-0.4, -0.2) is 33.6 Å². The summed E-state index contributed by atoms with van der Waals surface area (Å²) in [5.74, 6) is -0.759. The molecule has 0 saturated heterocycles. The maximum absolute atomic E-state index is 14.0. The van der Waals surface area contributed by atoms with Gasteiger partial charge in [-0.3, -0.25) is 0 Å². The number of nitrogens with one attached hydrogen (secondary N) is 1. The fourth-order valence-electron chi connectivity index (χ4n) is 2.98. The molecule has 0 aliphatic carbocycles. The largest absolute Gasteiger partial charge is 0.494 e. The molecule has 0 saturated carbocycles. The molecule has 0 spiro atoms. The number of carbonyl (C=O) groups is 1. The molecule has 2 amide bonds. The lowest BCUT2D eigenvalue weighted by atomic mass is 10.2. The van der Waals surface area contributed by atoms with Crippen LogP contribution in [0, 0.1) is 11.6 Å². The first kappa shape index (κ1) is 21.3. The van der Waals surface area contributed by atoms with Crippen LogP contribution in [-0.2, 0) is 13.1 Å². The summed E-state index contributed by atoms with van der Waals surface area (Å²) in [6.07, 6.45) is 5.95. The van der Waals surface area contributed by atoms with Gasteiger partial charge in [0, 0.05) is 38.1 Å². The molecular weight excluding hydrogens is 390 g/mol. The standard InChI is InChI=1S/C22H24F2N4O2/c1-2-30-19-7-4-17(5-8-19)15-28(12-3-11-27-13-10-25-16-27)22(29)26-21-9-6-18(23)14-20(21)24/h4-10,13-14,16H,2-3,11-12,15H2,1H3,(H,26,29). The summed E-state index contributed by atoms with van der Waals surface area (Å²) < 4.78 is 34.5. The monoisotopic (exact) mass is 414 g/mol. The van der Waals surface area contributed by atoms with E-state index in [1.165, 1.54) is 6.07 Å². The van der Waals surface area contributed by atoms with E-state index in [0.29, 0.717) is 32.7 Å². The van der Waals surface area contributed by atoms with Crippen LogP contribution in [0.2, 0.25) is 0 Å². The molecule has 0 bridgehead atoms. The van der Waals surface area contributed by atoms with Crippen LogP contribution in [0.4, 0.5) is 19.3 Å². The van der Waals surface area contributed by atoms with Crippen molar-refractivity contribution in [1.29, 1.82) is 0 Å². The van der Waals surface area contributed by atoms with Crippen LogP contribution in [0.15, 0.2) is 61.2 Å². The Labute approximate surface area is 174 Å². The second kappa shape index (κ2) is 10.4. The van der Waals surface area contributed by atoms with Gasteiger partial charge in [0.15, 0.2) is 0 Å². The van der Waals surface area contributed by atoms with Gasteiger partial charge >= 0.3 is 6.03 Å². The minimum atomic E-state index is -0.817. The zero-order valence-corrected chi connectivity index (χ0v) is 16.7. The molecule has 158 valence electrons. The van der Waals surface area contributed by atoms with Crippen LogP contribution in [0.3, 0.4) is 0 Å². The van der Waals surface area contributed by atoms with Gasteiger partial charge in [-0.25, -0.2) is 18.6 Å². The number of amides is 2. The van der Waals surface area contributed by atoms with Crippen LogP contribution in [0.25, 0.3) is 0 Å². The van der Waals surface area contributed by atoms with E-state index >= 15 is 0 Å². The summed E-state index contributed by atoms with van der Waals surface area (Å²) in [6, 6.07) is 10.1. The quantitative estimate of drug-likeness (QED) is 0.553. The van der Waals surface area contributed by atoms with Crippen molar-refractivity contribution in [3.63, 3.8) is 0 Å². The molecule has 3 rings (SSSR count). The Morgan fingerprint density at radius 3 is 2.67 bits per heavy atom. The van der Waals surface area contributed by atoms with Gasteiger partial charge in [0.05, 0.1) is 18.6 Å². The number of halogens is 2. The Hall–Kier alpha value is -3.42. The Morgan fingerprint density at radius 2 is 2.00 bits per heavy atom. The molecule has 2 aromatic carbocycles. The second-order valence-corrected chi connectivity index (χ2v) is 6.71. The van der Waals surface area contributed by atoms with Gasteiger partial charge < -0.3 is 19.5 Å². The SMILES string of the molecule is CCOc1ccc(CN(CCCn2ccnc2)C(=O)Nc2ccc(F)cc2F)cc1. The molecule has 30 heavy (non-hydrogen) atoms. The highest BCUT2D eigenvalue weighted by atomic mass is 19.1. The van der Waals surface area contributed by atoms with Gasteiger partial charge in [-0.1, -0.05) is 12.1 Å². The van der Waals surface area contributed by atoms with E-state index in [-0.39, 0.29) is 5.69 Å². The third-order valence-electron chi connectivity index (χ3n) is 4.47. The minimum absolute atomic E-state index is 0.0623. The third-order valence-corrected chi connectivity index (χ3v) is 4.47. The van der Waals surface area contributed by atoms with Crippen LogP contribution < -0.4 is 10.1 Å². The molecule has 0 atom stereocenters. The van der Waals surface area contributed by atoms with Gasteiger partial charge in [0.2, 0.25) is 0 Å². The van der Waals surface area contributed by atoms with Crippen molar-refractivity contribution >= 4 is 11.7 Å². The minimum Gasteiger partial charge on any atom is -0.494 e. The number of ether oxygens (including phenoxy) is 1. The van der Waals surface area contributed by atoms with E-state index in [4.69, 9.17) is 4.74 Å². The van der Waals surface area contributed by atoms with Crippen molar-refractivity contribution in [2.75, 3.05) is 18.5 Å². The van der Waals surface area contributed by atoms with Gasteiger partial charge in [-0.15, -0.1) is 0 Å². The maximum atomic E-state index is 14.0. The van der Waals surface area contributed by atoms with Crippen molar-refractivity contribution in [3.8, 4) is 5.75 Å². The third kappa shape index (κ3) is 6.04. The Kier molecular flexibility index (Phi) is 7.37. The number of hydrogen-bond donors (Lipinski definition) is 1. The summed E-state index contributed by atoms with van der Waals surface area (Å²) in [6.45, 7) is 3.96. The number of carbonyl (C=O) groups excluding carboxylic acids is 1. The van der Waals surface area contributed by atoms with E-state index in [0.717, 1.165) is 23.4 Å². The number of aromatic nitrogens is 2. The average molecular weight is 414 g/mol. The number of urea groups is 1. The number of anilines is 1. The smallest absolute Gasteiger partial charge is 0.322 e. The first-order chi connectivity index (χ1) is 14.5. The van der Waals surface area contributed by atoms with Crippen LogP contribution in [0.1, 0.15) is 18.9 Å². The summed E-state index contributed by atoms with van der Waals surface area (Å²) in [5, 5.41) is 2.53. The zero-order valence-electron chi connectivity index (χ0n) is 16.7. The Bertz CT molecular complexity index is 946. The van der Waals surface area contributed by atoms with Crippen molar-refractivity contribution in [3.05, 3.63) is 78.4 Å². The van der Waals surface area contributed by atoms with Gasteiger partial charge in [0.25, 0.3) is 0 Å². The average Bonchev–Trinajstić information content (AvgIpc) is 3.24. The number of benzene rings is 2.